The predicted molar refractivity (Wildman–Crippen MR) is 224 cm³/mol. The van der Waals surface area contributed by atoms with Crippen LogP contribution in [0.4, 0.5) is 0 Å². The molecule has 3 heterocycles. The van der Waals surface area contributed by atoms with Crippen LogP contribution < -0.4 is 0 Å². The van der Waals surface area contributed by atoms with Gasteiger partial charge in [-0.1, -0.05) is 91.0 Å². The van der Waals surface area contributed by atoms with Crippen LogP contribution in [0.1, 0.15) is 11.1 Å². The van der Waals surface area contributed by atoms with E-state index in [-0.39, 0.29) is 0 Å². The van der Waals surface area contributed by atoms with Gasteiger partial charge in [0.2, 0.25) is 0 Å². The summed E-state index contributed by atoms with van der Waals surface area (Å²) < 4.78 is 6.92. The first-order valence-corrected chi connectivity index (χ1v) is 18.3. The van der Waals surface area contributed by atoms with Crippen molar-refractivity contribution in [1.29, 1.82) is 10.5 Å². The molecule has 5 heteroatoms. The minimum absolute atomic E-state index is 0.617. The zero-order chi connectivity index (χ0) is 36.6. The first kappa shape index (κ1) is 30.7. The van der Waals surface area contributed by atoms with Crippen molar-refractivity contribution in [3.05, 3.63) is 187 Å². The number of aromatic nitrogens is 3. The molecule has 0 fully saturated rings. The Bertz CT molecular complexity index is 3350. The lowest BCUT2D eigenvalue weighted by atomic mass is 9.99. The first-order valence-electron chi connectivity index (χ1n) is 18.3. The highest BCUT2D eigenvalue weighted by molar-refractivity contribution is 6.17. The summed E-state index contributed by atoms with van der Waals surface area (Å²) in [6.45, 7) is 0. The molecule has 0 aliphatic heterocycles. The molecular weight excluding hydrogens is 671 g/mol. The Labute approximate surface area is 316 Å². The van der Waals surface area contributed by atoms with Gasteiger partial charge in [-0.2, -0.15) is 10.5 Å². The molecule has 0 spiro atoms. The second kappa shape index (κ2) is 11.8. The molecule has 0 aliphatic rings. The number of benzene rings is 8. The normalized spacial score (nSPS) is 11.6. The van der Waals surface area contributed by atoms with E-state index < -0.39 is 0 Å². The molecule has 0 saturated heterocycles. The Kier molecular flexibility index (Phi) is 6.61. The number of nitriles is 2. The van der Waals surface area contributed by atoms with Gasteiger partial charge in [-0.3, -0.25) is 0 Å². The fraction of sp³-hybridized carbons (Fsp3) is 0. The summed E-state index contributed by atoms with van der Waals surface area (Å²) in [6, 6.07) is 65.9. The van der Waals surface area contributed by atoms with Crippen LogP contribution in [-0.2, 0) is 0 Å². The Morgan fingerprint density at radius 1 is 0.364 bits per heavy atom. The Morgan fingerprint density at radius 3 is 1.45 bits per heavy atom. The standard InChI is InChI=1S/C50H29N5/c51-30-32-20-27-47-42(28-32)50-48(18-9-19-49(50)55-45-16-7-3-12-39(45)40-13-4-8-17-46(40)55)53(47)35-24-21-33(22-25-35)41-29-36(26-23-34(41)31-52)54-43-14-5-1-10-37(43)38-11-2-6-15-44(38)54/h1-29H. The summed E-state index contributed by atoms with van der Waals surface area (Å²) in [7, 11) is 0. The molecule has 0 radical (unpaired) electrons. The highest BCUT2D eigenvalue weighted by Gasteiger charge is 2.20. The van der Waals surface area contributed by atoms with Crippen LogP contribution in [0.15, 0.2) is 176 Å². The van der Waals surface area contributed by atoms with Crippen LogP contribution in [0, 0.1) is 22.7 Å². The van der Waals surface area contributed by atoms with E-state index in [1.807, 2.05) is 24.3 Å². The van der Waals surface area contributed by atoms with E-state index in [9.17, 15) is 10.5 Å². The number of para-hydroxylation sites is 4. The molecule has 0 saturated carbocycles. The van der Waals surface area contributed by atoms with E-state index >= 15 is 0 Å². The minimum atomic E-state index is 0.617. The van der Waals surface area contributed by atoms with Crippen LogP contribution >= 0.6 is 0 Å². The smallest absolute Gasteiger partial charge is 0.0998 e. The fourth-order valence-electron chi connectivity index (χ4n) is 8.77. The second-order valence-corrected chi connectivity index (χ2v) is 14.0. The Hall–Kier alpha value is -7.86. The summed E-state index contributed by atoms with van der Waals surface area (Å²) in [6.07, 6.45) is 0. The zero-order valence-corrected chi connectivity index (χ0v) is 29.5. The van der Waals surface area contributed by atoms with Crippen molar-refractivity contribution in [1.82, 2.24) is 13.7 Å². The third-order valence-corrected chi connectivity index (χ3v) is 11.1. The van der Waals surface area contributed by atoms with Gasteiger partial charge < -0.3 is 13.7 Å². The SMILES string of the molecule is N#Cc1ccc2c(c1)c1c(-n3c4ccccc4c4ccccc43)cccc1n2-c1ccc(-c2cc(-n3c4ccccc4c4ccccc43)ccc2C#N)cc1. The fourth-order valence-corrected chi connectivity index (χ4v) is 8.77. The Balaban J connectivity index is 1.10. The molecule has 11 aromatic rings. The van der Waals surface area contributed by atoms with Gasteiger partial charge in [0.25, 0.3) is 0 Å². The minimum Gasteiger partial charge on any atom is -0.309 e. The predicted octanol–water partition coefficient (Wildman–Crippen LogP) is 12.4. The number of nitrogens with zero attached hydrogens (tertiary/aromatic N) is 5. The van der Waals surface area contributed by atoms with Gasteiger partial charge in [0.05, 0.1) is 62.1 Å². The maximum Gasteiger partial charge on any atom is 0.0998 e. The average Bonchev–Trinajstić information content (AvgIpc) is 3.89. The van der Waals surface area contributed by atoms with E-state index in [1.165, 1.54) is 21.5 Å². The van der Waals surface area contributed by atoms with Crippen LogP contribution in [0.25, 0.3) is 93.6 Å². The lowest BCUT2D eigenvalue weighted by molar-refractivity contribution is 1.17. The van der Waals surface area contributed by atoms with Crippen molar-refractivity contribution in [3.63, 3.8) is 0 Å². The third-order valence-electron chi connectivity index (χ3n) is 11.1. The average molecular weight is 700 g/mol. The number of rotatable bonds is 4. The van der Waals surface area contributed by atoms with Crippen LogP contribution in [0.3, 0.4) is 0 Å². The molecule has 8 aromatic carbocycles. The summed E-state index contributed by atoms with van der Waals surface area (Å²) in [5.74, 6) is 0. The highest BCUT2D eigenvalue weighted by Crippen LogP contribution is 2.41. The van der Waals surface area contributed by atoms with Gasteiger partial charge in [-0.05, 0) is 90.5 Å². The molecule has 0 aliphatic carbocycles. The van der Waals surface area contributed by atoms with E-state index in [0.29, 0.717) is 11.1 Å². The molecule has 11 rings (SSSR count). The lowest BCUT2D eigenvalue weighted by Gasteiger charge is -2.13. The van der Waals surface area contributed by atoms with Gasteiger partial charge in [0, 0.05) is 49.3 Å². The number of hydrogen-bond acceptors (Lipinski definition) is 2. The van der Waals surface area contributed by atoms with Crippen molar-refractivity contribution in [2.45, 2.75) is 0 Å². The maximum atomic E-state index is 10.3. The van der Waals surface area contributed by atoms with Crippen molar-refractivity contribution >= 4 is 65.4 Å². The van der Waals surface area contributed by atoms with Gasteiger partial charge in [0.15, 0.2) is 0 Å². The molecule has 0 unspecified atom stereocenters. The van der Waals surface area contributed by atoms with E-state index in [1.54, 1.807) is 0 Å². The molecule has 0 atom stereocenters. The van der Waals surface area contributed by atoms with Crippen molar-refractivity contribution in [2.24, 2.45) is 0 Å². The molecule has 254 valence electrons. The van der Waals surface area contributed by atoms with Crippen LogP contribution in [0.5, 0.6) is 0 Å². The van der Waals surface area contributed by atoms with Crippen molar-refractivity contribution < 1.29 is 0 Å². The second-order valence-electron chi connectivity index (χ2n) is 14.0. The summed E-state index contributed by atoms with van der Waals surface area (Å²) >= 11 is 0. The van der Waals surface area contributed by atoms with Gasteiger partial charge in [-0.25, -0.2) is 0 Å². The van der Waals surface area contributed by atoms with Crippen molar-refractivity contribution in [3.8, 4) is 40.3 Å². The van der Waals surface area contributed by atoms with E-state index in [2.05, 4.69) is 177 Å². The molecule has 0 amide bonds. The van der Waals surface area contributed by atoms with E-state index in [4.69, 9.17) is 0 Å². The van der Waals surface area contributed by atoms with Gasteiger partial charge >= 0.3 is 0 Å². The lowest BCUT2D eigenvalue weighted by Crippen LogP contribution is -1.97. The first-order chi connectivity index (χ1) is 27.2. The third kappa shape index (κ3) is 4.45. The van der Waals surface area contributed by atoms with E-state index in [0.717, 1.165) is 72.1 Å². The molecular formula is C50H29N5. The summed E-state index contributed by atoms with van der Waals surface area (Å²) in [5.41, 5.74) is 12.7. The maximum absolute atomic E-state index is 10.3. The number of hydrogen-bond donors (Lipinski definition) is 0. The van der Waals surface area contributed by atoms with Crippen molar-refractivity contribution in [2.75, 3.05) is 0 Å². The molecule has 3 aromatic heterocycles. The van der Waals surface area contributed by atoms with Gasteiger partial charge in [-0.15, -0.1) is 0 Å². The largest absolute Gasteiger partial charge is 0.309 e. The van der Waals surface area contributed by atoms with Crippen LogP contribution in [0.2, 0.25) is 0 Å². The quantitative estimate of drug-likeness (QED) is 0.184. The summed E-state index contributed by atoms with van der Waals surface area (Å²) in [4.78, 5) is 0. The molecule has 0 bridgehead atoms. The topological polar surface area (TPSA) is 62.4 Å². The molecule has 55 heavy (non-hydrogen) atoms. The van der Waals surface area contributed by atoms with Gasteiger partial charge in [0.1, 0.15) is 0 Å². The monoisotopic (exact) mass is 699 g/mol. The summed E-state index contributed by atoms with van der Waals surface area (Å²) in [5, 5.41) is 27.2. The highest BCUT2D eigenvalue weighted by atomic mass is 15.0. The Morgan fingerprint density at radius 2 is 0.873 bits per heavy atom. The number of fused-ring (bicyclic) bond motifs is 9. The molecule has 5 nitrogen and oxygen atoms in total. The molecule has 0 N–H and O–H groups in total. The van der Waals surface area contributed by atoms with Crippen LogP contribution in [-0.4, -0.2) is 13.7 Å². The zero-order valence-electron chi connectivity index (χ0n) is 29.5.